The maximum atomic E-state index is 13.0. The van der Waals surface area contributed by atoms with Crippen molar-refractivity contribution >= 4 is 23.6 Å². The molecule has 208 valence electrons. The molecule has 1 fully saturated rings. The van der Waals surface area contributed by atoms with E-state index < -0.39 is 30.1 Å². The van der Waals surface area contributed by atoms with Crippen LogP contribution in [0.15, 0.2) is 0 Å². The Hall–Kier alpha value is -2.16. The molecular weight excluding hydrogens is 460 g/mol. The van der Waals surface area contributed by atoms with Gasteiger partial charge in [0, 0.05) is 19.4 Å². The van der Waals surface area contributed by atoms with E-state index in [0.717, 1.165) is 51.4 Å². The molecule has 1 aliphatic rings. The zero-order valence-electron chi connectivity index (χ0n) is 23.0. The fourth-order valence-corrected chi connectivity index (χ4v) is 4.63. The molecule has 4 amide bonds. The van der Waals surface area contributed by atoms with Crippen LogP contribution in [-0.2, 0) is 19.2 Å². The molecule has 5 N–H and O–H groups in total. The molecule has 0 aromatic heterocycles. The van der Waals surface area contributed by atoms with Crippen LogP contribution in [-0.4, -0.2) is 59.5 Å². The topological polar surface area (TPSA) is 137 Å². The van der Waals surface area contributed by atoms with E-state index in [0.29, 0.717) is 25.3 Å². The van der Waals surface area contributed by atoms with Gasteiger partial charge in [-0.25, -0.2) is 0 Å². The first-order chi connectivity index (χ1) is 17.0. The highest BCUT2D eigenvalue weighted by molar-refractivity contribution is 5.91. The fraction of sp³-hybridized carbons (Fsp3) is 0.852. The molecule has 0 aromatic carbocycles. The van der Waals surface area contributed by atoms with Gasteiger partial charge in [0.25, 0.3) is 0 Å². The van der Waals surface area contributed by atoms with E-state index in [1.54, 1.807) is 13.8 Å². The molecule has 9 heteroatoms. The van der Waals surface area contributed by atoms with E-state index in [1.165, 1.54) is 6.92 Å². The van der Waals surface area contributed by atoms with Crippen molar-refractivity contribution < 1.29 is 24.3 Å². The molecule has 0 spiro atoms. The highest BCUT2D eigenvalue weighted by Crippen LogP contribution is 2.21. The average molecular weight is 511 g/mol. The second-order valence-electron chi connectivity index (χ2n) is 10.6. The molecule has 1 saturated heterocycles. The third kappa shape index (κ3) is 12.7. The minimum atomic E-state index is -0.891. The molecule has 9 nitrogen and oxygen atoms in total. The van der Waals surface area contributed by atoms with Crippen LogP contribution in [0, 0.1) is 11.8 Å². The summed E-state index contributed by atoms with van der Waals surface area (Å²) in [5.74, 6) is -1.26. The van der Waals surface area contributed by atoms with Gasteiger partial charge in [-0.05, 0) is 38.5 Å². The molecule has 1 aliphatic heterocycles. The van der Waals surface area contributed by atoms with Crippen LogP contribution in [0.4, 0.5) is 0 Å². The highest BCUT2D eigenvalue weighted by Gasteiger charge is 2.30. The maximum absolute atomic E-state index is 13.0. The first-order valence-corrected chi connectivity index (χ1v) is 13.9. The summed E-state index contributed by atoms with van der Waals surface area (Å²) in [4.78, 5) is 49.8. The van der Waals surface area contributed by atoms with Crippen molar-refractivity contribution in [2.75, 3.05) is 6.54 Å². The molecule has 1 rings (SSSR count). The predicted molar refractivity (Wildman–Crippen MR) is 141 cm³/mol. The normalized spacial score (nSPS) is 26.7. The number of carbonyl (C=O) groups excluding carboxylic acids is 4. The molecule has 0 saturated carbocycles. The van der Waals surface area contributed by atoms with Gasteiger partial charge in [-0.15, -0.1) is 0 Å². The van der Waals surface area contributed by atoms with Gasteiger partial charge < -0.3 is 26.4 Å². The SMILES string of the molecule is CCCCNC(=O)[C@H](C)C[C@H](O)[C@@H]1C[C@H](C)CCCCCCC[C@H](NC(C)=O)C(=O)N[C@@H](C)C(=O)N1. The molecule has 36 heavy (non-hydrogen) atoms. The zero-order chi connectivity index (χ0) is 27.1. The van der Waals surface area contributed by atoms with Gasteiger partial charge in [0.05, 0.1) is 12.1 Å². The summed E-state index contributed by atoms with van der Waals surface area (Å²) in [5, 5.41) is 22.3. The summed E-state index contributed by atoms with van der Waals surface area (Å²) < 4.78 is 0. The van der Waals surface area contributed by atoms with Gasteiger partial charge >= 0.3 is 0 Å². The third-order valence-corrected chi connectivity index (χ3v) is 6.96. The number of aliphatic hydroxyl groups excluding tert-OH is 1. The van der Waals surface area contributed by atoms with Gasteiger partial charge in [0.15, 0.2) is 0 Å². The first-order valence-electron chi connectivity index (χ1n) is 13.9. The van der Waals surface area contributed by atoms with Gasteiger partial charge in [0.1, 0.15) is 12.1 Å². The predicted octanol–water partition coefficient (Wildman–Crippen LogP) is 2.55. The van der Waals surface area contributed by atoms with Crippen molar-refractivity contribution in [1.29, 1.82) is 0 Å². The summed E-state index contributed by atoms with van der Waals surface area (Å²) in [6.07, 6.45) is 8.35. The molecule has 1 heterocycles. The Morgan fingerprint density at radius 2 is 1.67 bits per heavy atom. The molecule has 0 unspecified atom stereocenters. The summed E-state index contributed by atoms with van der Waals surface area (Å²) in [7, 11) is 0. The summed E-state index contributed by atoms with van der Waals surface area (Å²) in [5.41, 5.74) is 0. The summed E-state index contributed by atoms with van der Waals surface area (Å²) >= 11 is 0. The van der Waals surface area contributed by atoms with E-state index in [9.17, 15) is 24.3 Å². The quantitative estimate of drug-likeness (QED) is 0.320. The standard InChI is InChI=1S/C27H50N4O5/c1-6-7-15-28-25(34)19(3)17-24(33)23-16-18(2)13-11-9-8-10-12-14-22(30-21(5)32)27(36)29-20(4)26(35)31-23/h18-20,22-24,33H,6-17H2,1-5H3,(H,28,34)(H,29,36)(H,30,32)(H,31,35)/t18-,19-,20+,22+,23+,24+/m1/s1. The second-order valence-corrected chi connectivity index (χ2v) is 10.6. The van der Waals surface area contributed by atoms with Crippen LogP contribution in [0.5, 0.6) is 0 Å². The van der Waals surface area contributed by atoms with E-state index in [1.807, 2.05) is 0 Å². The molecule has 6 atom stereocenters. The first kappa shape index (κ1) is 31.9. The molecule has 0 aromatic rings. The maximum Gasteiger partial charge on any atom is 0.243 e. The lowest BCUT2D eigenvalue weighted by molar-refractivity contribution is -0.132. The Bertz CT molecular complexity index is 702. The number of nitrogens with one attached hydrogen (secondary N) is 4. The Morgan fingerprint density at radius 1 is 1.03 bits per heavy atom. The van der Waals surface area contributed by atoms with Crippen LogP contribution >= 0.6 is 0 Å². The van der Waals surface area contributed by atoms with E-state index in [4.69, 9.17) is 0 Å². The Labute approximate surface area is 217 Å². The molecule has 0 radical (unpaired) electrons. The van der Waals surface area contributed by atoms with Gasteiger partial charge in [-0.2, -0.15) is 0 Å². The van der Waals surface area contributed by atoms with Crippen molar-refractivity contribution in [3.8, 4) is 0 Å². The molecular formula is C27H50N4O5. The lowest BCUT2D eigenvalue weighted by Gasteiger charge is -2.30. The van der Waals surface area contributed by atoms with Gasteiger partial charge in [0.2, 0.25) is 23.6 Å². The summed E-state index contributed by atoms with van der Waals surface area (Å²) in [6, 6.07) is -2.04. The van der Waals surface area contributed by atoms with E-state index >= 15 is 0 Å². The van der Waals surface area contributed by atoms with Crippen LogP contribution in [0.1, 0.15) is 105 Å². The highest BCUT2D eigenvalue weighted by atomic mass is 16.3. The number of carbonyl (C=O) groups is 4. The number of amides is 4. The monoisotopic (exact) mass is 510 g/mol. The van der Waals surface area contributed by atoms with Crippen molar-refractivity contribution in [1.82, 2.24) is 21.3 Å². The fourth-order valence-electron chi connectivity index (χ4n) is 4.63. The minimum absolute atomic E-state index is 0.0975. The van der Waals surface area contributed by atoms with Crippen molar-refractivity contribution in [3.63, 3.8) is 0 Å². The largest absolute Gasteiger partial charge is 0.391 e. The third-order valence-electron chi connectivity index (χ3n) is 6.96. The molecule has 0 bridgehead atoms. The zero-order valence-corrected chi connectivity index (χ0v) is 23.0. The number of aliphatic hydroxyl groups is 1. The second kappa shape index (κ2) is 17.3. The number of hydrogen-bond donors (Lipinski definition) is 5. The number of rotatable bonds is 8. The summed E-state index contributed by atoms with van der Waals surface area (Å²) in [6.45, 7) is 9.56. The van der Waals surface area contributed by atoms with Gasteiger partial charge in [-0.3, -0.25) is 19.2 Å². The van der Waals surface area contributed by atoms with Crippen LogP contribution in [0.25, 0.3) is 0 Å². The van der Waals surface area contributed by atoms with Crippen LogP contribution < -0.4 is 21.3 Å². The van der Waals surface area contributed by atoms with Crippen LogP contribution in [0.3, 0.4) is 0 Å². The van der Waals surface area contributed by atoms with Crippen LogP contribution in [0.2, 0.25) is 0 Å². The average Bonchev–Trinajstić information content (AvgIpc) is 2.81. The molecule has 0 aliphatic carbocycles. The van der Waals surface area contributed by atoms with Crippen molar-refractivity contribution in [3.05, 3.63) is 0 Å². The smallest absolute Gasteiger partial charge is 0.243 e. The lowest BCUT2D eigenvalue weighted by atomic mass is 9.89. The van der Waals surface area contributed by atoms with E-state index in [-0.39, 0.29) is 30.1 Å². The van der Waals surface area contributed by atoms with Gasteiger partial charge in [-0.1, -0.05) is 65.7 Å². The van der Waals surface area contributed by atoms with Crippen molar-refractivity contribution in [2.24, 2.45) is 11.8 Å². The lowest BCUT2D eigenvalue weighted by Crippen LogP contribution is -2.55. The number of hydrogen-bond acceptors (Lipinski definition) is 5. The Kier molecular flexibility index (Phi) is 15.3. The Balaban J connectivity index is 2.92. The Morgan fingerprint density at radius 3 is 2.31 bits per heavy atom. The number of unbranched alkanes of at least 4 members (excludes halogenated alkanes) is 1. The van der Waals surface area contributed by atoms with E-state index in [2.05, 4.69) is 35.1 Å². The minimum Gasteiger partial charge on any atom is -0.391 e. The van der Waals surface area contributed by atoms with Crippen molar-refractivity contribution in [2.45, 2.75) is 129 Å².